The van der Waals surface area contributed by atoms with Crippen LogP contribution < -0.4 is 5.63 Å². The summed E-state index contributed by atoms with van der Waals surface area (Å²) in [6.45, 7) is 0.866. The van der Waals surface area contributed by atoms with Gasteiger partial charge in [0.2, 0.25) is 6.54 Å². The van der Waals surface area contributed by atoms with Gasteiger partial charge in [-0.3, -0.25) is 10.1 Å². The third-order valence-corrected chi connectivity index (χ3v) is 3.67. The van der Waals surface area contributed by atoms with Gasteiger partial charge in [-0.25, -0.2) is 4.79 Å². The van der Waals surface area contributed by atoms with Crippen molar-refractivity contribution in [2.75, 3.05) is 6.54 Å². The molecule has 0 saturated carbocycles. The molecule has 2 rings (SSSR count). The van der Waals surface area contributed by atoms with Gasteiger partial charge in [-0.15, -0.1) is 0 Å². The summed E-state index contributed by atoms with van der Waals surface area (Å²) < 4.78 is 4.93. The van der Waals surface area contributed by atoms with E-state index in [9.17, 15) is 20.0 Å². The van der Waals surface area contributed by atoms with Crippen LogP contribution in [0.5, 0.6) is 5.75 Å². The Bertz CT molecular complexity index is 787. The molecule has 0 bridgehead atoms. The summed E-state index contributed by atoms with van der Waals surface area (Å²) in [5.41, 5.74) is -0.726. The van der Waals surface area contributed by atoms with Gasteiger partial charge in [-0.1, -0.05) is 29.3 Å². The van der Waals surface area contributed by atoms with E-state index >= 15 is 0 Å². The third-order valence-electron chi connectivity index (χ3n) is 3.11. The highest BCUT2D eigenvalue weighted by Gasteiger charge is 2.29. The molecule has 0 aliphatic heterocycles. The molecule has 0 aliphatic carbocycles. The van der Waals surface area contributed by atoms with Crippen LogP contribution in [0.25, 0.3) is 0 Å². The van der Waals surface area contributed by atoms with E-state index in [2.05, 4.69) is 0 Å². The molecule has 0 fully saturated rings. The number of nitrogens with zero attached hydrogens (tertiary/aromatic N) is 1. The van der Waals surface area contributed by atoms with Gasteiger partial charge in [-0.05, 0) is 24.6 Å². The van der Waals surface area contributed by atoms with Gasteiger partial charge in [0.1, 0.15) is 11.5 Å². The first-order valence-corrected chi connectivity index (χ1v) is 6.95. The minimum atomic E-state index is -1.04. The van der Waals surface area contributed by atoms with Crippen LogP contribution in [0.3, 0.4) is 0 Å². The van der Waals surface area contributed by atoms with Gasteiger partial charge in [0.25, 0.3) is 0 Å². The number of halogens is 2. The number of hydrogen-bond donors (Lipinski definition) is 1. The summed E-state index contributed by atoms with van der Waals surface area (Å²) in [6, 6.07) is 5.63. The lowest BCUT2D eigenvalue weighted by Gasteiger charge is -2.15. The standard InChI is InChI=1S/C14H11Cl2NO5/c1-7-4-12(18)13(14(19)22-7)10(6-17(20)21)9-3-2-8(15)5-11(9)16/h2-5,10,18H,6H2,1H3/t10-/m0/s1. The van der Waals surface area contributed by atoms with E-state index in [1.165, 1.54) is 31.2 Å². The predicted octanol–water partition coefficient (Wildman–Crippen LogP) is 3.37. The maximum Gasteiger partial charge on any atom is 0.343 e. The molecule has 116 valence electrons. The first-order chi connectivity index (χ1) is 10.3. The van der Waals surface area contributed by atoms with Crippen molar-refractivity contribution in [3.05, 3.63) is 71.7 Å². The Morgan fingerprint density at radius 2 is 2.05 bits per heavy atom. The molecule has 0 saturated heterocycles. The lowest BCUT2D eigenvalue weighted by atomic mass is 9.91. The zero-order valence-corrected chi connectivity index (χ0v) is 12.9. The lowest BCUT2D eigenvalue weighted by Crippen LogP contribution is -2.21. The molecular formula is C14H11Cl2NO5. The van der Waals surface area contributed by atoms with E-state index in [4.69, 9.17) is 27.6 Å². The van der Waals surface area contributed by atoms with E-state index in [1.807, 2.05) is 0 Å². The Balaban J connectivity index is 2.66. The van der Waals surface area contributed by atoms with Gasteiger partial charge < -0.3 is 9.52 Å². The highest BCUT2D eigenvalue weighted by molar-refractivity contribution is 6.35. The summed E-state index contributed by atoms with van der Waals surface area (Å²) in [6.07, 6.45) is 0. The molecule has 0 spiro atoms. The van der Waals surface area contributed by atoms with Gasteiger partial charge in [-0.2, -0.15) is 0 Å². The molecule has 1 atom stereocenters. The van der Waals surface area contributed by atoms with Gasteiger partial charge in [0, 0.05) is 21.0 Å². The second-order valence-electron chi connectivity index (χ2n) is 4.68. The van der Waals surface area contributed by atoms with E-state index in [1.54, 1.807) is 0 Å². The average Bonchev–Trinajstić information content (AvgIpc) is 2.35. The van der Waals surface area contributed by atoms with Crippen molar-refractivity contribution >= 4 is 23.2 Å². The predicted molar refractivity (Wildman–Crippen MR) is 81.5 cm³/mol. The van der Waals surface area contributed by atoms with Crippen molar-refractivity contribution in [2.45, 2.75) is 12.8 Å². The van der Waals surface area contributed by atoms with Crippen LogP contribution in [0.2, 0.25) is 10.0 Å². The molecule has 0 amide bonds. The van der Waals surface area contributed by atoms with Crippen LogP contribution in [0.4, 0.5) is 0 Å². The highest BCUT2D eigenvalue weighted by atomic mass is 35.5. The normalized spacial score (nSPS) is 12.1. The fourth-order valence-corrected chi connectivity index (χ4v) is 2.74. The second kappa shape index (κ2) is 6.37. The molecule has 0 radical (unpaired) electrons. The van der Waals surface area contributed by atoms with Crippen LogP contribution in [0.1, 0.15) is 22.8 Å². The molecule has 1 N–H and O–H groups in total. The number of rotatable bonds is 4. The average molecular weight is 344 g/mol. The van der Waals surface area contributed by atoms with Gasteiger partial charge in [0.05, 0.1) is 11.5 Å². The Morgan fingerprint density at radius 1 is 1.36 bits per heavy atom. The summed E-state index contributed by atoms with van der Waals surface area (Å²) in [4.78, 5) is 22.4. The van der Waals surface area contributed by atoms with Crippen molar-refractivity contribution < 1.29 is 14.4 Å². The molecule has 1 aromatic heterocycles. The van der Waals surface area contributed by atoms with Gasteiger partial charge in [0.15, 0.2) is 0 Å². The van der Waals surface area contributed by atoms with Crippen molar-refractivity contribution in [1.29, 1.82) is 0 Å². The van der Waals surface area contributed by atoms with E-state index in [0.717, 1.165) is 0 Å². The second-order valence-corrected chi connectivity index (χ2v) is 5.52. The fourth-order valence-electron chi connectivity index (χ4n) is 2.20. The fraction of sp³-hybridized carbons (Fsp3) is 0.214. The van der Waals surface area contributed by atoms with Crippen LogP contribution >= 0.6 is 23.2 Å². The van der Waals surface area contributed by atoms with Gasteiger partial charge >= 0.3 is 5.63 Å². The molecular weight excluding hydrogens is 333 g/mol. The molecule has 8 heteroatoms. The largest absolute Gasteiger partial charge is 0.507 e. The quantitative estimate of drug-likeness (QED) is 0.678. The summed E-state index contributed by atoms with van der Waals surface area (Å²) in [7, 11) is 0. The number of nitro groups is 1. The van der Waals surface area contributed by atoms with E-state index in [0.29, 0.717) is 10.6 Å². The first-order valence-electron chi connectivity index (χ1n) is 6.20. The summed E-state index contributed by atoms with van der Waals surface area (Å²) in [5, 5.41) is 21.5. The van der Waals surface area contributed by atoms with Crippen molar-refractivity contribution in [2.24, 2.45) is 0 Å². The SMILES string of the molecule is Cc1cc(O)c([C@@H](C[N+](=O)[O-])c2ccc(Cl)cc2Cl)c(=O)o1. The number of benzene rings is 1. The van der Waals surface area contributed by atoms with E-state index < -0.39 is 23.0 Å². The molecule has 1 heterocycles. The highest BCUT2D eigenvalue weighted by Crippen LogP contribution is 2.34. The van der Waals surface area contributed by atoms with Crippen LogP contribution in [0, 0.1) is 17.0 Å². The molecule has 2 aromatic rings. The van der Waals surface area contributed by atoms with Crippen molar-refractivity contribution in [3.63, 3.8) is 0 Å². The number of aromatic hydroxyl groups is 1. The van der Waals surface area contributed by atoms with E-state index in [-0.39, 0.29) is 22.1 Å². The Kier molecular flexibility index (Phi) is 4.73. The summed E-state index contributed by atoms with van der Waals surface area (Å²) in [5.74, 6) is -1.21. The molecule has 0 unspecified atom stereocenters. The minimum Gasteiger partial charge on any atom is -0.507 e. The lowest BCUT2D eigenvalue weighted by molar-refractivity contribution is -0.481. The molecule has 6 nitrogen and oxygen atoms in total. The van der Waals surface area contributed by atoms with Crippen LogP contribution in [-0.4, -0.2) is 16.6 Å². The molecule has 22 heavy (non-hydrogen) atoms. The Labute approximate surface area is 135 Å². The topological polar surface area (TPSA) is 93.6 Å². The maximum absolute atomic E-state index is 12.0. The Hall–Kier alpha value is -2.05. The zero-order chi connectivity index (χ0) is 16.4. The minimum absolute atomic E-state index is 0.165. The zero-order valence-electron chi connectivity index (χ0n) is 11.4. The van der Waals surface area contributed by atoms with Crippen LogP contribution in [0.15, 0.2) is 33.5 Å². The third kappa shape index (κ3) is 3.40. The number of aryl methyl sites for hydroxylation is 1. The molecule has 1 aromatic carbocycles. The summed E-state index contributed by atoms with van der Waals surface area (Å²) >= 11 is 11.9. The Morgan fingerprint density at radius 3 is 2.59 bits per heavy atom. The van der Waals surface area contributed by atoms with Crippen molar-refractivity contribution in [1.82, 2.24) is 0 Å². The van der Waals surface area contributed by atoms with Crippen molar-refractivity contribution in [3.8, 4) is 5.75 Å². The molecule has 0 aliphatic rings. The van der Waals surface area contributed by atoms with Crippen LogP contribution in [-0.2, 0) is 0 Å². The smallest absolute Gasteiger partial charge is 0.343 e. The maximum atomic E-state index is 12.0. The first kappa shape index (κ1) is 16.3. The monoisotopic (exact) mass is 343 g/mol. The number of hydrogen-bond acceptors (Lipinski definition) is 5.